The van der Waals surface area contributed by atoms with E-state index >= 15 is 0 Å². The van der Waals surface area contributed by atoms with Crippen molar-refractivity contribution in [2.75, 3.05) is 15.9 Å². The van der Waals surface area contributed by atoms with Gasteiger partial charge in [0.2, 0.25) is 15.9 Å². The number of nitrogens with one attached hydrogen (secondary N) is 1. The van der Waals surface area contributed by atoms with Crippen LogP contribution in [0.25, 0.3) is 10.2 Å². The monoisotopic (exact) mass is 478 g/mol. The van der Waals surface area contributed by atoms with Crippen molar-refractivity contribution in [3.8, 4) is 0 Å². The third-order valence-electron chi connectivity index (χ3n) is 4.88. The first kappa shape index (κ1) is 23.4. The van der Waals surface area contributed by atoms with Crippen molar-refractivity contribution in [2.45, 2.75) is 32.9 Å². The molecule has 0 fully saturated rings. The van der Waals surface area contributed by atoms with E-state index in [0.29, 0.717) is 16.9 Å². The van der Waals surface area contributed by atoms with E-state index in [1.807, 2.05) is 6.92 Å². The first-order valence-electron chi connectivity index (χ1n) is 9.75. The van der Waals surface area contributed by atoms with Crippen LogP contribution in [0.5, 0.6) is 0 Å². The van der Waals surface area contributed by atoms with Gasteiger partial charge in [0.25, 0.3) is 5.69 Å². The number of hydrogen-bond acceptors (Lipinski definition) is 7. The fraction of sp³-hybridized carbons (Fsp3) is 0.300. The topological polar surface area (TPSA) is 132 Å². The standard InChI is InChI=1S/C20H22N4O6S2/c1-4-16(23(32(3,29)30)14-7-6-8-15(12-14)24(27)28)19(25)21-13-9-10-17-18(11-13)31-20(26)22(17)5-2/h6-12,16H,4-5H2,1-3H3,(H,21,25)/t16-/m1/s1. The Morgan fingerprint density at radius 3 is 2.56 bits per heavy atom. The van der Waals surface area contributed by atoms with Gasteiger partial charge in [-0.3, -0.25) is 28.6 Å². The van der Waals surface area contributed by atoms with E-state index in [0.717, 1.165) is 33.5 Å². The average molecular weight is 479 g/mol. The lowest BCUT2D eigenvalue weighted by Crippen LogP contribution is -2.47. The Balaban J connectivity index is 1.96. The summed E-state index contributed by atoms with van der Waals surface area (Å²) in [4.78, 5) is 35.5. The number of nitro benzene ring substituents is 1. The van der Waals surface area contributed by atoms with E-state index in [-0.39, 0.29) is 22.7 Å². The van der Waals surface area contributed by atoms with Gasteiger partial charge in [-0.15, -0.1) is 0 Å². The molecule has 0 saturated heterocycles. The highest BCUT2D eigenvalue weighted by Gasteiger charge is 2.32. The molecular formula is C20H22N4O6S2. The summed E-state index contributed by atoms with van der Waals surface area (Å²) in [5.41, 5.74) is 0.907. The zero-order valence-corrected chi connectivity index (χ0v) is 19.3. The van der Waals surface area contributed by atoms with Gasteiger partial charge in [-0.25, -0.2) is 8.42 Å². The summed E-state index contributed by atoms with van der Waals surface area (Å²) >= 11 is 1.06. The van der Waals surface area contributed by atoms with Crippen LogP contribution in [0.3, 0.4) is 0 Å². The third kappa shape index (κ3) is 4.65. The van der Waals surface area contributed by atoms with Crippen LogP contribution in [0.2, 0.25) is 0 Å². The summed E-state index contributed by atoms with van der Waals surface area (Å²) in [7, 11) is -3.94. The van der Waals surface area contributed by atoms with Crippen molar-refractivity contribution in [3.05, 3.63) is 62.2 Å². The first-order valence-corrected chi connectivity index (χ1v) is 12.4. The van der Waals surface area contributed by atoms with Crippen molar-refractivity contribution < 1.29 is 18.1 Å². The molecule has 1 heterocycles. The lowest BCUT2D eigenvalue weighted by Gasteiger charge is -2.30. The highest BCUT2D eigenvalue weighted by atomic mass is 32.2. The van der Waals surface area contributed by atoms with E-state index in [2.05, 4.69) is 5.32 Å². The normalized spacial score (nSPS) is 12.5. The summed E-state index contributed by atoms with van der Waals surface area (Å²) in [6, 6.07) is 9.02. The molecule has 170 valence electrons. The number of aromatic nitrogens is 1. The predicted octanol–water partition coefficient (Wildman–Crippen LogP) is 3.17. The second-order valence-electron chi connectivity index (χ2n) is 7.04. The number of hydrogen-bond donors (Lipinski definition) is 1. The summed E-state index contributed by atoms with van der Waals surface area (Å²) in [5.74, 6) is -0.592. The highest BCUT2D eigenvalue weighted by molar-refractivity contribution is 7.92. The van der Waals surface area contributed by atoms with Crippen LogP contribution in [-0.4, -0.2) is 36.1 Å². The molecule has 1 aromatic heterocycles. The van der Waals surface area contributed by atoms with Crippen LogP contribution < -0.4 is 14.5 Å². The van der Waals surface area contributed by atoms with Gasteiger partial charge in [-0.1, -0.05) is 24.3 Å². The zero-order chi connectivity index (χ0) is 23.6. The van der Waals surface area contributed by atoms with Crippen molar-refractivity contribution in [1.29, 1.82) is 0 Å². The molecule has 32 heavy (non-hydrogen) atoms. The summed E-state index contributed by atoms with van der Waals surface area (Å²) in [5, 5.41) is 13.8. The Kier molecular flexibility index (Phi) is 6.65. The number of amides is 1. The Bertz CT molecular complexity index is 1350. The molecule has 2 aromatic carbocycles. The average Bonchev–Trinajstić information content (AvgIpc) is 3.04. The second-order valence-corrected chi connectivity index (χ2v) is 9.90. The number of anilines is 2. The Labute approximate surface area is 188 Å². The minimum atomic E-state index is -3.94. The molecular weight excluding hydrogens is 456 g/mol. The Hall–Kier alpha value is -3.25. The number of carbonyl (C=O) groups excluding carboxylic acids is 1. The fourth-order valence-corrected chi connectivity index (χ4v) is 5.67. The molecule has 1 amide bonds. The minimum Gasteiger partial charge on any atom is -0.324 e. The van der Waals surface area contributed by atoms with Gasteiger partial charge in [-0.05, 0) is 37.6 Å². The van der Waals surface area contributed by atoms with Gasteiger partial charge in [0.15, 0.2) is 0 Å². The molecule has 0 spiro atoms. The molecule has 0 radical (unpaired) electrons. The molecule has 3 rings (SSSR count). The number of benzene rings is 2. The number of thiazole rings is 1. The third-order valence-corrected chi connectivity index (χ3v) is 7.00. The van der Waals surface area contributed by atoms with Gasteiger partial charge in [0, 0.05) is 24.4 Å². The molecule has 12 heteroatoms. The van der Waals surface area contributed by atoms with Crippen LogP contribution in [0, 0.1) is 10.1 Å². The van der Waals surface area contributed by atoms with Crippen LogP contribution in [0.15, 0.2) is 47.3 Å². The summed E-state index contributed by atoms with van der Waals surface area (Å²) < 4.78 is 28.3. The largest absolute Gasteiger partial charge is 0.324 e. The smallest absolute Gasteiger partial charge is 0.308 e. The maximum Gasteiger partial charge on any atom is 0.308 e. The Morgan fingerprint density at radius 1 is 1.25 bits per heavy atom. The first-order chi connectivity index (χ1) is 15.1. The number of aryl methyl sites for hydroxylation is 1. The molecule has 10 nitrogen and oxygen atoms in total. The second kappa shape index (κ2) is 9.09. The fourth-order valence-electron chi connectivity index (χ4n) is 3.47. The molecule has 0 aliphatic rings. The molecule has 0 bridgehead atoms. The SMILES string of the molecule is CC[C@H](C(=O)Nc1ccc2c(c1)sc(=O)n2CC)N(c1cccc([N+](=O)[O-])c1)S(C)(=O)=O. The van der Waals surface area contributed by atoms with Crippen LogP contribution in [-0.2, 0) is 21.4 Å². The van der Waals surface area contributed by atoms with Crippen LogP contribution >= 0.6 is 11.3 Å². The summed E-state index contributed by atoms with van der Waals surface area (Å²) in [6.07, 6.45) is 1.07. The number of fused-ring (bicyclic) bond motifs is 1. The van der Waals surface area contributed by atoms with Crippen LogP contribution in [0.4, 0.5) is 17.1 Å². The molecule has 0 saturated carbocycles. The zero-order valence-electron chi connectivity index (χ0n) is 17.6. The van der Waals surface area contributed by atoms with E-state index in [1.54, 1.807) is 29.7 Å². The van der Waals surface area contributed by atoms with Crippen LogP contribution in [0.1, 0.15) is 20.3 Å². The predicted molar refractivity (Wildman–Crippen MR) is 125 cm³/mol. The molecule has 0 aliphatic heterocycles. The van der Waals surface area contributed by atoms with Gasteiger partial charge >= 0.3 is 4.87 Å². The quantitative estimate of drug-likeness (QED) is 0.391. The Morgan fingerprint density at radius 2 is 1.97 bits per heavy atom. The summed E-state index contributed by atoms with van der Waals surface area (Å²) in [6.45, 7) is 4.04. The number of rotatable bonds is 8. The molecule has 1 atom stereocenters. The molecule has 1 N–H and O–H groups in total. The molecule has 3 aromatic rings. The van der Waals surface area contributed by atoms with E-state index in [1.165, 1.54) is 18.2 Å². The van der Waals surface area contributed by atoms with E-state index in [4.69, 9.17) is 0 Å². The number of nitrogens with zero attached hydrogens (tertiary/aromatic N) is 3. The number of nitro groups is 1. The van der Waals surface area contributed by atoms with Crippen molar-refractivity contribution >= 4 is 54.5 Å². The number of sulfonamides is 1. The lowest BCUT2D eigenvalue weighted by atomic mass is 10.1. The maximum absolute atomic E-state index is 13.1. The molecule has 0 unspecified atom stereocenters. The lowest BCUT2D eigenvalue weighted by molar-refractivity contribution is -0.384. The van der Waals surface area contributed by atoms with Crippen molar-refractivity contribution in [1.82, 2.24) is 4.57 Å². The van der Waals surface area contributed by atoms with Crippen molar-refractivity contribution in [2.24, 2.45) is 0 Å². The number of non-ortho nitro benzene ring substituents is 1. The van der Waals surface area contributed by atoms with Gasteiger partial charge in [0.1, 0.15) is 6.04 Å². The van der Waals surface area contributed by atoms with E-state index < -0.39 is 26.9 Å². The number of carbonyl (C=O) groups is 1. The van der Waals surface area contributed by atoms with Gasteiger partial charge in [0.05, 0.1) is 27.1 Å². The maximum atomic E-state index is 13.1. The van der Waals surface area contributed by atoms with E-state index in [9.17, 15) is 28.1 Å². The van der Waals surface area contributed by atoms with Gasteiger partial charge in [-0.2, -0.15) is 0 Å². The minimum absolute atomic E-state index is 0.0254. The highest BCUT2D eigenvalue weighted by Crippen LogP contribution is 2.28. The van der Waals surface area contributed by atoms with Crippen molar-refractivity contribution in [3.63, 3.8) is 0 Å². The van der Waals surface area contributed by atoms with Gasteiger partial charge < -0.3 is 5.32 Å². The molecule has 0 aliphatic carbocycles.